The summed E-state index contributed by atoms with van der Waals surface area (Å²) in [5.41, 5.74) is 0.971. The Balaban J connectivity index is 1.83. The van der Waals surface area contributed by atoms with Crippen LogP contribution in [0.4, 0.5) is 0 Å². The van der Waals surface area contributed by atoms with Gasteiger partial charge in [0.15, 0.2) is 6.29 Å². The molecular formula is C15H20O5. The van der Waals surface area contributed by atoms with Crippen LogP contribution in [0, 0.1) is 0 Å². The Morgan fingerprint density at radius 1 is 1.25 bits per heavy atom. The fourth-order valence-corrected chi connectivity index (χ4v) is 2.07. The summed E-state index contributed by atoms with van der Waals surface area (Å²) in [6, 6.07) is 9.56. The molecular weight excluding hydrogens is 260 g/mol. The summed E-state index contributed by atoms with van der Waals surface area (Å²) >= 11 is 0. The summed E-state index contributed by atoms with van der Waals surface area (Å²) in [5.74, 6) is 0. The van der Waals surface area contributed by atoms with Gasteiger partial charge < -0.3 is 24.4 Å². The molecule has 1 aliphatic rings. The van der Waals surface area contributed by atoms with Crippen LogP contribution in [0.5, 0.6) is 0 Å². The zero-order chi connectivity index (χ0) is 14.4. The first-order valence-corrected chi connectivity index (χ1v) is 6.58. The standard InChI is InChI=1S/C15H20O5/c1-2-8-18-10-12-13(16)14(15(17)20-12)19-9-11-6-4-3-5-7-11/h2-7,12-17H,1,8-10H2/t12-,13+,14+,15+/m1/s1. The van der Waals surface area contributed by atoms with Crippen LogP contribution in [0.1, 0.15) is 5.56 Å². The number of hydrogen-bond donors (Lipinski definition) is 2. The molecule has 2 rings (SSSR count). The quantitative estimate of drug-likeness (QED) is 0.572. The van der Waals surface area contributed by atoms with Gasteiger partial charge in [0, 0.05) is 0 Å². The molecule has 110 valence electrons. The second kappa shape index (κ2) is 7.52. The van der Waals surface area contributed by atoms with Crippen molar-refractivity contribution in [2.75, 3.05) is 13.2 Å². The molecule has 0 aliphatic carbocycles. The van der Waals surface area contributed by atoms with Gasteiger partial charge in [0.1, 0.15) is 18.3 Å². The molecule has 0 saturated carbocycles. The van der Waals surface area contributed by atoms with E-state index < -0.39 is 24.6 Å². The summed E-state index contributed by atoms with van der Waals surface area (Å²) in [7, 11) is 0. The normalized spacial score (nSPS) is 29.5. The minimum Gasteiger partial charge on any atom is -0.387 e. The number of aliphatic hydroxyl groups excluding tert-OH is 2. The molecule has 0 amide bonds. The van der Waals surface area contributed by atoms with Crippen LogP contribution >= 0.6 is 0 Å². The summed E-state index contributed by atoms with van der Waals surface area (Å²) in [4.78, 5) is 0. The van der Waals surface area contributed by atoms with Crippen molar-refractivity contribution in [1.82, 2.24) is 0 Å². The van der Waals surface area contributed by atoms with Crippen molar-refractivity contribution in [3.8, 4) is 0 Å². The van der Waals surface area contributed by atoms with Gasteiger partial charge in [-0.15, -0.1) is 6.58 Å². The van der Waals surface area contributed by atoms with E-state index >= 15 is 0 Å². The van der Waals surface area contributed by atoms with Crippen LogP contribution < -0.4 is 0 Å². The van der Waals surface area contributed by atoms with E-state index in [1.54, 1.807) is 6.08 Å². The van der Waals surface area contributed by atoms with Crippen molar-refractivity contribution >= 4 is 0 Å². The molecule has 1 aromatic rings. The fraction of sp³-hybridized carbons (Fsp3) is 0.467. The highest BCUT2D eigenvalue weighted by Crippen LogP contribution is 2.23. The largest absolute Gasteiger partial charge is 0.387 e. The molecule has 0 unspecified atom stereocenters. The Hall–Kier alpha value is -1.24. The molecule has 20 heavy (non-hydrogen) atoms. The van der Waals surface area contributed by atoms with Crippen LogP contribution in [0.3, 0.4) is 0 Å². The molecule has 5 heteroatoms. The number of aliphatic hydroxyl groups is 2. The zero-order valence-corrected chi connectivity index (χ0v) is 11.2. The van der Waals surface area contributed by atoms with Crippen LogP contribution in [-0.2, 0) is 20.8 Å². The molecule has 0 spiro atoms. The van der Waals surface area contributed by atoms with Crippen molar-refractivity contribution < 1.29 is 24.4 Å². The molecule has 2 N–H and O–H groups in total. The fourth-order valence-electron chi connectivity index (χ4n) is 2.07. The molecule has 1 fully saturated rings. The van der Waals surface area contributed by atoms with Gasteiger partial charge in [-0.25, -0.2) is 0 Å². The predicted octanol–water partition coefficient (Wildman–Crippen LogP) is 0.852. The molecule has 0 bridgehead atoms. The maximum Gasteiger partial charge on any atom is 0.184 e. The topological polar surface area (TPSA) is 68.2 Å². The average molecular weight is 280 g/mol. The highest BCUT2D eigenvalue weighted by atomic mass is 16.7. The van der Waals surface area contributed by atoms with Gasteiger partial charge in [-0.05, 0) is 5.56 Å². The van der Waals surface area contributed by atoms with Crippen LogP contribution in [0.25, 0.3) is 0 Å². The van der Waals surface area contributed by atoms with Gasteiger partial charge >= 0.3 is 0 Å². The first-order valence-electron chi connectivity index (χ1n) is 6.58. The lowest BCUT2D eigenvalue weighted by molar-refractivity contribution is -0.151. The van der Waals surface area contributed by atoms with Crippen molar-refractivity contribution in [2.24, 2.45) is 0 Å². The van der Waals surface area contributed by atoms with Crippen molar-refractivity contribution in [2.45, 2.75) is 31.2 Å². The SMILES string of the molecule is C=CCOC[C@H]1O[C@H](O)[C@@H](OCc2ccccc2)[C@H]1O. The van der Waals surface area contributed by atoms with Crippen molar-refractivity contribution in [1.29, 1.82) is 0 Å². The Kier molecular flexibility index (Phi) is 5.70. The first kappa shape index (κ1) is 15.2. The molecule has 1 saturated heterocycles. The highest BCUT2D eigenvalue weighted by Gasteiger charge is 2.43. The van der Waals surface area contributed by atoms with E-state index in [1.165, 1.54) is 0 Å². The second-order valence-electron chi connectivity index (χ2n) is 4.64. The van der Waals surface area contributed by atoms with Crippen LogP contribution in [0.15, 0.2) is 43.0 Å². The van der Waals surface area contributed by atoms with E-state index in [4.69, 9.17) is 14.2 Å². The monoisotopic (exact) mass is 280 g/mol. The maximum absolute atomic E-state index is 10.1. The van der Waals surface area contributed by atoms with Gasteiger partial charge in [-0.2, -0.15) is 0 Å². The number of rotatable bonds is 7. The van der Waals surface area contributed by atoms with Gasteiger partial charge in [0.2, 0.25) is 0 Å². The lowest BCUT2D eigenvalue weighted by Crippen LogP contribution is -2.36. The number of ether oxygens (including phenoxy) is 3. The third kappa shape index (κ3) is 3.88. The van der Waals surface area contributed by atoms with Crippen LogP contribution in [0.2, 0.25) is 0 Å². The lowest BCUT2D eigenvalue weighted by Gasteiger charge is -2.18. The average Bonchev–Trinajstić information content (AvgIpc) is 2.73. The van der Waals surface area contributed by atoms with E-state index in [1.807, 2.05) is 30.3 Å². The van der Waals surface area contributed by atoms with Gasteiger partial charge in [0.25, 0.3) is 0 Å². The lowest BCUT2D eigenvalue weighted by atomic mass is 10.1. The molecule has 4 atom stereocenters. The summed E-state index contributed by atoms with van der Waals surface area (Å²) in [5, 5.41) is 19.9. The third-order valence-electron chi connectivity index (χ3n) is 3.12. The Labute approximate surface area is 118 Å². The Bertz CT molecular complexity index is 408. The smallest absolute Gasteiger partial charge is 0.184 e. The van der Waals surface area contributed by atoms with E-state index in [0.717, 1.165) is 5.56 Å². The van der Waals surface area contributed by atoms with Crippen molar-refractivity contribution in [3.63, 3.8) is 0 Å². The van der Waals surface area contributed by atoms with E-state index in [9.17, 15) is 10.2 Å². The molecule has 0 aromatic heterocycles. The Morgan fingerprint density at radius 2 is 2.00 bits per heavy atom. The van der Waals surface area contributed by atoms with Gasteiger partial charge in [0.05, 0.1) is 19.8 Å². The zero-order valence-electron chi connectivity index (χ0n) is 11.2. The first-order chi connectivity index (χ1) is 9.72. The van der Waals surface area contributed by atoms with Gasteiger partial charge in [-0.1, -0.05) is 36.4 Å². The molecule has 1 aromatic carbocycles. The predicted molar refractivity (Wildman–Crippen MR) is 72.9 cm³/mol. The van der Waals surface area contributed by atoms with Crippen LogP contribution in [-0.4, -0.2) is 48.0 Å². The molecule has 5 nitrogen and oxygen atoms in total. The highest BCUT2D eigenvalue weighted by molar-refractivity contribution is 5.13. The summed E-state index contributed by atoms with van der Waals surface area (Å²) in [6.45, 7) is 4.41. The Morgan fingerprint density at radius 3 is 2.70 bits per heavy atom. The van der Waals surface area contributed by atoms with E-state index in [0.29, 0.717) is 13.2 Å². The summed E-state index contributed by atoms with van der Waals surface area (Å²) in [6.07, 6.45) is -1.82. The minimum atomic E-state index is -1.15. The maximum atomic E-state index is 10.1. The van der Waals surface area contributed by atoms with E-state index in [2.05, 4.69) is 6.58 Å². The third-order valence-corrected chi connectivity index (χ3v) is 3.12. The molecule has 0 radical (unpaired) electrons. The van der Waals surface area contributed by atoms with Gasteiger partial charge in [-0.3, -0.25) is 0 Å². The minimum absolute atomic E-state index is 0.190. The van der Waals surface area contributed by atoms with Crippen molar-refractivity contribution in [3.05, 3.63) is 48.6 Å². The summed E-state index contributed by atoms with van der Waals surface area (Å²) < 4.78 is 16.0. The van der Waals surface area contributed by atoms with E-state index in [-0.39, 0.29) is 6.61 Å². The second-order valence-corrected chi connectivity index (χ2v) is 4.64. The number of hydrogen-bond acceptors (Lipinski definition) is 5. The molecule has 1 heterocycles. The number of benzene rings is 1. The molecule has 1 aliphatic heterocycles.